The number of nitrogens with zero attached hydrogens (tertiary/aromatic N) is 4. The molecule has 5 rings (SSSR count). The molecular formula is C28H28N4O3. The van der Waals surface area contributed by atoms with E-state index < -0.39 is 12.1 Å². The summed E-state index contributed by atoms with van der Waals surface area (Å²) in [5.74, 6) is -0.341. The Morgan fingerprint density at radius 1 is 1.09 bits per heavy atom. The Kier molecular flexibility index (Phi) is 6.75. The van der Waals surface area contributed by atoms with Crippen molar-refractivity contribution in [1.29, 1.82) is 0 Å². The van der Waals surface area contributed by atoms with Crippen LogP contribution in [0.1, 0.15) is 41.1 Å². The first kappa shape index (κ1) is 22.7. The first-order chi connectivity index (χ1) is 17.2. The van der Waals surface area contributed by atoms with Crippen molar-refractivity contribution in [3.8, 4) is 5.75 Å². The van der Waals surface area contributed by atoms with Gasteiger partial charge in [-0.05, 0) is 54.5 Å². The Morgan fingerprint density at radius 3 is 2.74 bits per heavy atom. The number of carboxylic acids is 1. The fourth-order valence-electron chi connectivity index (χ4n) is 4.67. The molecule has 35 heavy (non-hydrogen) atoms. The summed E-state index contributed by atoms with van der Waals surface area (Å²) in [6.07, 6.45) is 15.9. The number of rotatable bonds is 9. The predicted molar refractivity (Wildman–Crippen MR) is 132 cm³/mol. The summed E-state index contributed by atoms with van der Waals surface area (Å²) in [4.78, 5) is 16.1. The number of hydrogen-bond donors (Lipinski definition) is 1. The van der Waals surface area contributed by atoms with Crippen molar-refractivity contribution in [2.75, 3.05) is 0 Å². The van der Waals surface area contributed by atoms with Crippen molar-refractivity contribution < 1.29 is 14.6 Å². The number of aromatic nitrogens is 4. The SMILES string of the molecule is O=C(O)C(C=CCn1cc(C(c2ccccc2)n2ccnc2)cn1)Oc1cccc2c1CCCC2. The summed E-state index contributed by atoms with van der Waals surface area (Å²) in [6.45, 7) is 0.436. The van der Waals surface area contributed by atoms with Gasteiger partial charge in [0.05, 0.1) is 25.1 Å². The highest BCUT2D eigenvalue weighted by Crippen LogP contribution is 2.30. The minimum atomic E-state index is -1.05. The van der Waals surface area contributed by atoms with Gasteiger partial charge >= 0.3 is 5.97 Å². The zero-order valence-electron chi connectivity index (χ0n) is 19.4. The molecule has 0 fully saturated rings. The molecule has 2 aromatic carbocycles. The maximum absolute atomic E-state index is 11.9. The number of aryl methyl sites for hydroxylation is 1. The summed E-state index contributed by atoms with van der Waals surface area (Å²) < 4.78 is 9.77. The first-order valence-electron chi connectivity index (χ1n) is 11.9. The monoisotopic (exact) mass is 468 g/mol. The second-order valence-electron chi connectivity index (χ2n) is 8.72. The van der Waals surface area contributed by atoms with Crippen LogP contribution in [0.15, 0.2) is 91.8 Å². The van der Waals surface area contributed by atoms with E-state index in [1.165, 1.54) is 5.56 Å². The van der Waals surface area contributed by atoms with Crippen LogP contribution in [-0.2, 0) is 24.2 Å². The highest BCUT2D eigenvalue weighted by Gasteiger charge is 2.21. The van der Waals surface area contributed by atoms with Gasteiger partial charge < -0.3 is 14.4 Å². The second kappa shape index (κ2) is 10.4. The van der Waals surface area contributed by atoms with Crippen LogP contribution in [0.5, 0.6) is 5.75 Å². The number of benzene rings is 2. The molecule has 1 aliphatic carbocycles. The van der Waals surface area contributed by atoms with Crippen molar-refractivity contribution in [3.63, 3.8) is 0 Å². The van der Waals surface area contributed by atoms with Crippen molar-refractivity contribution in [2.24, 2.45) is 0 Å². The number of ether oxygens (including phenoxy) is 1. The van der Waals surface area contributed by atoms with Gasteiger partial charge in [0.15, 0.2) is 0 Å². The van der Waals surface area contributed by atoms with E-state index in [1.807, 2.05) is 53.5 Å². The van der Waals surface area contributed by atoms with Crippen LogP contribution in [0.4, 0.5) is 0 Å². The van der Waals surface area contributed by atoms with Crippen LogP contribution < -0.4 is 4.74 Å². The van der Waals surface area contributed by atoms with E-state index >= 15 is 0 Å². The zero-order chi connectivity index (χ0) is 24.0. The Balaban J connectivity index is 1.30. The number of hydrogen-bond acceptors (Lipinski definition) is 4. The Labute approximate surface area is 204 Å². The quantitative estimate of drug-likeness (QED) is 0.361. The summed E-state index contributed by atoms with van der Waals surface area (Å²) in [6, 6.07) is 16.1. The van der Waals surface area contributed by atoms with Crippen molar-refractivity contribution in [2.45, 2.75) is 44.4 Å². The van der Waals surface area contributed by atoms with Gasteiger partial charge in [-0.25, -0.2) is 9.78 Å². The van der Waals surface area contributed by atoms with E-state index in [4.69, 9.17) is 4.74 Å². The van der Waals surface area contributed by atoms with E-state index in [2.05, 4.69) is 28.3 Å². The Morgan fingerprint density at radius 2 is 1.94 bits per heavy atom. The maximum atomic E-state index is 11.9. The zero-order valence-corrected chi connectivity index (χ0v) is 19.4. The van der Waals surface area contributed by atoms with Gasteiger partial charge in [-0.15, -0.1) is 0 Å². The van der Waals surface area contributed by atoms with Crippen molar-refractivity contribution >= 4 is 5.97 Å². The minimum absolute atomic E-state index is 0.0456. The molecule has 2 atom stereocenters. The lowest BCUT2D eigenvalue weighted by molar-refractivity contribution is -0.142. The molecule has 0 aliphatic heterocycles. The van der Waals surface area contributed by atoms with Gasteiger partial charge in [-0.3, -0.25) is 4.68 Å². The van der Waals surface area contributed by atoms with E-state index in [-0.39, 0.29) is 6.04 Å². The number of carboxylic acid groups (broad SMARTS) is 1. The molecule has 4 aromatic rings. The lowest BCUT2D eigenvalue weighted by atomic mass is 9.91. The normalized spacial score (nSPS) is 15.0. The fourth-order valence-corrected chi connectivity index (χ4v) is 4.67. The van der Waals surface area contributed by atoms with Gasteiger partial charge in [0.2, 0.25) is 6.10 Å². The Bertz CT molecular complexity index is 1300. The highest BCUT2D eigenvalue weighted by molar-refractivity contribution is 5.75. The maximum Gasteiger partial charge on any atom is 0.349 e. The van der Waals surface area contributed by atoms with Crippen molar-refractivity contribution in [3.05, 3.63) is 114 Å². The molecule has 0 spiro atoms. The van der Waals surface area contributed by atoms with Crippen LogP contribution in [0.25, 0.3) is 0 Å². The number of carbonyl (C=O) groups is 1. The average molecular weight is 469 g/mol. The molecule has 178 valence electrons. The molecule has 0 saturated carbocycles. The van der Waals surface area contributed by atoms with Gasteiger partial charge in [0.25, 0.3) is 0 Å². The van der Waals surface area contributed by atoms with E-state index in [0.29, 0.717) is 12.3 Å². The molecule has 2 unspecified atom stereocenters. The standard InChI is InChI=1S/C28H28N4O3/c33-28(34)26(35-25-13-6-11-21-8-4-5-12-24(21)25)14-7-16-32-19-23(18-30-32)27(31-17-15-29-20-31)22-9-2-1-3-10-22/h1-3,6-7,9-11,13-15,17-20,26-27H,4-5,8,12,16H2,(H,33,34). The molecule has 0 saturated heterocycles. The van der Waals surface area contributed by atoms with Crippen LogP contribution in [0, 0.1) is 0 Å². The second-order valence-corrected chi connectivity index (χ2v) is 8.72. The van der Waals surface area contributed by atoms with E-state index in [1.54, 1.807) is 29.4 Å². The summed E-state index contributed by atoms with van der Waals surface area (Å²) >= 11 is 0. The average Bonchev–Trinajstić information content (AvgIpc) is 3.58. The van der Waals surface area contributed by atoms with Crippen LogP contribution in [0.3, 0.4) is 0 Å². The molecule has 2 aromatic heterocycles. The highest BCUT2D eigenvalue weighted by atomic mass is 16.5. The molecule has 1 aliphatic rings. The molecule has 0 bridgehead atoms. The van der Waals surface area contributed by atoms with E-state index in [9.17, 15) is 9.90 Å². The molecule has 0 amide bonds. The fraction of sp³-hybridized carbons (Fsp3) is 0.250. The van der Waals surface area contributed by atoms with Crippen LogP contribution >= 0.6 is 0 Å². The van der Waals surface area contributed by atoms with E-state index in [0.717, 1.165) is 42.4 Å². The predicted octanol–water partition coefficient (Wildman–Crippen LogP) is 4.68. The van der Waals surface area contributed by atoms with Gasteiger partial charge in [0, 0.05) is 24.2 Å². The summed E-state index contributed by atoms with van der Waals surface area (Å²) in [5, 5.41) is 14.2. The third-order valence-electron chi connectivity index (χ3n) is 6.36. The number of imidazole rings is 1. The Hall–Kier alpha value is -4.13. The molecule has 7 heteroatoms. The minimum Gasteiger partial charge on any atom is -0.478 e. The van der Waals surface area contributed by atoms with Gasteiger partial charge in [-0.1, -0.05) is 48.5 Å². The smallest absolute Gasteiger partial charge is 0.349 e. The third kappa shape index (κ3) is 5.19. The molecule has 7 nitrogen and oxygen atoms in total. The largest absolute Gasteiger partial charge is 0.478 e. The third-order valence-corrected chi connectivity index (χ3v) is 6.36. The van der Waals surface area contributed by atoms with Crippen LogP contribution in [-0.4, -0.2) is 36.5 Å². The molecule has 1 N–H and O–H groups in total. The molecule has 2 heterocycles. The topological polar surface area (TPSA) is 82.2 Å². The van der Waals surface area contributed by atoms with Crippen LogP contribution in [0.2, 0.25) is 0 Å². The molecular weight excluding hydrogens is 440 g/mol. The van der Waals surface area contributed by atoms with Gasteiger partial charge in [0.1, 0.15) is 5.75 Å². The number of aliphatic carboxylic acids is 1. The van der Waals surface area contributed by atoms with Crippen molar-refractivity contribution in [1.82, 2.24) is 19.3 Å². The lowest BCUT2D eigenvalue weighted by Gasteiger charge is -2.21. The molecule has 0 radical (unpaired) electrons. The lowest BCUT2D eigenvalue weighted by Crippen LogP contribution is -2.25. The summed E-state index contributed by atoms with van der Waals surface area (Å²) in [5.41, 5.74) is 4.55. The van der Waals surface area contributed by atoms with Gasteiger partial charge in [-0.2, -0.15) is 5.10 Å². The number of allylic oxidation sites excluding steroid dienone is 1. The number of fused-ring (bicyclic) bond motifs is 1. The summed E-state index contributed by atoms with van der Waals surface area (Å²) in [7, 11) is 0. The first-order valence-corrected chi connectivity index (χ1v) is 11.9.